The van der Waals surface area contributed by atoms with Gasteiger partial charge >= 0.3 is 5.97 Å². The van der Waals surface area contributed by atoms with Crippen LogP contribution in [0, 0.1) is 6.92 Å². The first-order chi connectivity index (χ1) is 12.4. The number of benzene rings is 1. The Bertz CT molecular complexity index is 964. The van der Waals surface area contributed by atoms with Gasteiger partial charge in [0.2, 0.25) is 0 Å². The molecule has 1 atom stereocenters. The zero-order chi connectivity index (χ0) is 18.8. The third kappa shape index (κ3) is 3.28. The van der Waals surface area contributed by atoms with Gasteiger partial charge in [0.05, 0.1) is 17.1 Å². The van der Waals surface area contributed by atoms with Gasteiger partial charge in [0, 0.05) is 11.7 Å². The number of carboxylic acid groups (broad SMARTS) is 1. The van der Waals surface area contributed by atoms with Crippen LogP contribution >= 0.6 is 0 Å². The second-order valence-electron chi connectivity index (χ2n) is 6.39. The van der Waals surface area contributed by atoms with Crippen LogP contribution in [0.15, 0.2) is 42.6 Å². The summed E-state index contributed by atoms with van der Waals surface area (Å²) in [4.78, 5) is 29.0. The van der Waals surface area contributed by atoms with E-state index in [9.17, 15) is 14.7 Å². The summed E-state index contributed by atoms with van der Waals surface area (Å²) in [5.41, 5.74) is 2.14. The number of nitrogens with zero attached hydrogens (tertiary/aromatic N) is 3. The summed E-state index contributed by atoms with van der Waals surface area (Å²) in [6.45, 7) is 5.75. The van der Waals surface area contributed by atoms with Gasteiger partial charge < -0.3 is 10.4 Å². The second-order valence-corrected chi connectivity index (χ2v) is 6.39. The van der Waals surface area contributed by atoms with Crippen molar-refractivity contribution in [1.82, 2.24) is 20.1 Å². The third-order valence-corrected chi connectivity index (χ3v) is 4.08. The molecule has 0 aliphatic rings. The first-order valence-corrected chi connectivity index (χ1v) is 8.32. The van der Waals surface area contributed by atoms with Gasteiger partial charge in [0.25, 0.3) is 5.91 Å². The highest BCUT2D eigenvalue weighted by Crippen LogP contribution is 2.22. The SMILES string of the molecule is Cc1cc(C(=O)N[C@@H](C(=O)O)c2ccccc2)c2cnn(C(C)C)c2n1. The van der Waals surface area contributed by atoms with E-state index in [-0.39, 0.29) is 6.04 Å². The summed E-state index contributed by atoms with van der Waals surface area (Å²) in [5, 5.41) is 17.0. The highest BCUT2D eigenvalue weighted by molar-refractivity contribution is 6.06. The molecule has 2 N–H and O–H groups in total. The molecule has 0 aliphatic heterocycles. The number of aryl methyl sites for hydroxylation is 1. The Morgan fingerprint density at radius 2 is 1.88 bits per heavy atom. The summed E-state index contributed by atoms with van der Waals surface area (Å²) in [7, 11) is 0. The van der Waals surface area contributed by atoms with Gasteiger partial charge in [0.1, 0.15) is 0 Å². The van der Waals surface area contributed by atoms with Crippen molar-refractivity contribution in [1.29, 1.82) is 0 Å². The molecule has 134 valence electrons. The van der Waals surface area contributed by atoms with Crippen LogP contribution in [0.3, 0.4) is 0 Å². The highest BCUT2D eigenvalue weighted by atomic mass is 16.4. The first kappa shape index (κ1) is 17.6. The largest absolute Gasteiger partial charge is 0.479 e. The number of nitrogens with one attached hydrogen (secondary N) is 1. The molecule has 3 rings (SSSR count). The Hall–Kier alpha value is -3.22. The molecule has 0 spiro atoms. The standard InChI is InChI=1S/C19H20N4O3/c1-11(2)23-17-15(10-20-23)14(9-12(3)21-17)18(24)22-16(19(25)26)13-7-5-4-6-8-13/h4-11,16H,1-3H3,(H,22,24)(H,25,26)/t16-/m1/s1. The van der Waals surface area contributed by atoms with E-state index in [2.05, 4.69) is 15.4 Å². The van der Waals surface area contributed by atoms with E-state index in [1.165, 1.54) is 0 Å². The van der Waals surface area contributed by atoms with Gasteiger partial charge in [0.15, 0.2) is 11.7 Å². The fourth-order valence-corrected chi connectivity index (χ4v) is 2.85. The molecule has 0 unspecified atom stereocenters. The normalized spacial score (nSPS) is 12.3. The number of amides is 1. The molecule has 0 bridgehead atoms. The molecule has 7 heteroatoms. The minimum Gasteiger partial charge on any atom is -0.479 e. The number of aliphatic carboxylic acids is 1. The first-order valence-electron chi connectivity index (χ1n) is 8.32. The zero-order valence-corrected chi connectivity index (χ0v) is 14.8. The van der Waals surface area contributed by atoms with Crippen molar-refractivity contribution in [2.45, 2.75) is 32.9 Å². The smallest absolute Gasteiger partial charge is 0.330 e. The molecule has 2 heterocycles. The van der Waals surface area contributed by atoms with E-state index in [4.69, 9.17) is 0 Å². The Morgan fingerprint density at radius 3 is 2.50 bits per heavy atom. The third-order valence-electron chi connectivity index (χ3n) is 4.08. The second kappa shape index (κ2) is 6.95. The maximum absolute atomic E-state index is 12.8. The maximum atomic E-state index is 12.8. The molecule has 1 amide bonds. The van der Waals surface area contributed by atoms with E-state index in [0.29, 0.717) is 27.9 Å². The van der Waals surface area contributed by atoms with Crippen LogP contribution in [-0.4, -0.2) is 31.7 Å². The van der Waals surface area contributed by atoms with Gasteiger partial charge in [-0.2, -0.15) is 5.10 Å². The number of carbonyl (C=O) groups excluding carboxylic acids is 1. The van der Waals surface area contributed by atoms with Crippen LogP contribution in [0.2, 0.25) is 0 Å². The number of carboxylic acids is 1. The number of hydrogen-bond acceptors (Lipinski definition) is 4. The Labute approximate surface area is 150 Å². The Balaban J connectivity index is 2.01. The van der Waals surface area contributed by atoms with Gasteiger partial charge in [-0.3, -0.25) is 4.79 Å². The van der Waals surface area contributed by atoms with Gasteiger partial charge in [-0.05, 0) is 32.4 Å². The predicted octanol–water partition coefficient (Wildman–Crippen LogP) is 2.88. The van der Waals surface area contributed by atoms with Crippen molar-refractivity contribution in [2.24, 2.45) is 0 Å². The molecule has 7 nitrogen and oxygen atoms in total. The van der Waals surface area contributed by atoms with Gasteiger partial charge in [-0.1, -0.05) is 30.3 Å². The average Bonchev–Trinajstić information content (AvgIpc) is 3.03. The number of hydrogen-bond donors (Lipinski definition) is 2. The van der Waals surface area contributed by atoms with Crippen LogP contribution in [0.25, 0.3) is 11.0 Å². The van der Waals surface area contributed by atoms with Crippen molar-refractivity contribution in [2.75, 3.05) is 0 Å². The van der Waals surface area contributed by atoms with E-state index in [1.54, 1.807) is 54.2 Å². The topological polar surface area (TPSA) is 97.1 Å². The number of pyridine rings is 1. The molecule has 1 aromatic carbocycles. The quantitative estimate of drug-likeness (QED) is 0.736. The summed E-state index contributed by atoms with van der Waals surface area (Å²) < 4.78 is 1.74. The van der Waals surface area contributed by atoms with Crippen LogP contribution in [0.4, 0.5) is 0 Å². The number of carbonyl (C=O) groups is 2. The highest BCUT2D eigenvalue weighted by Gasteiger charge is 2.24. The maximum Gasteiger partial charge on any atom is 0.330 e. The summed E-state index contributed by atoms with van der Waals surface area (Å²) >= 11 is 0. The lowest BCUT2D eigenvalue weighted by Crippen LogP contribution is -2.33. The van der Waals surface area contributed by atoms with Crippen LogP contribution in [0.1, 0.15) is 47.5 Å². The Morgan fingerprint density at radius 1 is 1.19 bits per heavy atom. The molecular formula is C19H20N4O3. The number of rotatable bonds is 5. The van der Waals surface area contributed by atoms with Crippen LogP contribution in [-0.2, 0) is 4.79 Å². The molecule has 26 heavy (non-hydrogen) atoms. The van der Waals surface area contributed by atoms with Crippen molar-refractivity contribution >= 4 is 22.9 Å². The lowest BCUT2D eigenvalue weighted by molar-refractivity contribution is -0.139. The summed E-state index contributed by atoms with van der Waals surface area (Å²) in [6, 6.07) is 9.21. The lowest BCUT2D eigenvalue weighted by atomic mass is 10.1. The number of aromatic nitrogens is 3. The molecule has 0 fully saturated rings. The molecular weight excluding hydrogens is 332 g/mol. The van der Waals surface area contributed by atoms with E-state index < -0.39 is 17.9 Å². The Kier molecular flexibility index (Phi) is 4.71. The molecule has 0 saturated carbocycles. The van der Waals surface area contributed by atoms with Crippen molar-refractivity contribution in [3.63, 3.8) is 0 Å². The fourth-order valence-electron chi connectivity index (χ4n) is 2.85. The van der Waals surface area contributed by atoms with Crippen molar-refractivity contribution in [3.8, 4) is 0 Å². The molecule has 0 radical (unpaired) electrons. The van der Waals surface area contributed by atoms with Crippen LogP contribution in [0.5, 0.6) is 0 Å². The van der Waals surface area contributed by atoms with Crippen LogP contribution < -0.4 is 5.32 Å². The van der Waals surface area contributed by atoms with E-state index in [0.717, 1.165) is 0 Å². The summed E-state index contributed by atoms with van der Waals surface area (Å²) in [5.74, 6) is -1.59. The molecule has 0 saturated heterocycles. The molecule has 0 aliphatic carbocycles. The van der Waals surface area contributed by atoms with E-state index >= 15 is 0 Å². The van der Waals surface area contributed by atoms with E-state index in [1.807, 2.05) is 13.8 Å². The minimum absolute atomic E-state index is 0.0915. The van der Waals surface area contributed by atoms with Gasteiger partial charge in [-0.15, -0.1) is 0 Å². The zero-order valence-electron chi connectivity index (χ0n) is 14.8. The van der Waals surface area contributed by atoms with Gasteiger partial charge in [-0.25, -0.2) is 14.5 Å². The lowest BCUT2D eigenvalue weighted by Gasteiger charge is -2.15. The predicted molar refractivity (Wildman–Crippen MR) is 96.9 cm³/mol. The minimum atomic E-state index is -1.13. The van der Waals surface area contributed by atoms with Crippen molar-refractivity contribution < 1.29 is 14.7 Å². The molecule has 3 aromatic rings. The molecule has 2 aromatic heterocycles. The summed E-state index contributed by atoms with van der Waals surface area (Å²) in [6.07, 6.45) is 1.59. The monoisotopic (exact) mass is 352 g/mol. The van der Waals surface area contributed by atoms with Crippen molar-refractivity contribution in [3.05, 3.63) is 59.4 Å². The number of fused-ring (bicyclic) bond motifs is 1. The average molecular weight is 352 g/mol. The fraction of sp³-hybridized carbons (Fsp3) is 0.263.